The number of rotatable bonds is 4. The Kier molecular flexibility index (Phi) is 4.40. The van der Waals surface area contributed by atoms with E-state index in [9.17, 15) is 9.59 Å². The van der Waals surface area contributed by atoms with Gasteiger partial charge in [0.1, 0.15) is 5.82 Å². The van der Waals surface area contributed by atoms with Gasteiger partial charge < -0.3 is 15.0 Å². The van der Waals surface area contributed by atoms with E-state index in [0.717, 1.165) is 37.2 Å². The average molecular weight is 375 g/mol. The Bertz CT molecular complexity index is 879. The van der Waals surface area contributed by atoms with Gasteiger partial charge in [-0.3, -0.25) is 9.59 Å². The van der Waals surface area contributed by atoms with Gasteiger partial charge in [-0.05, 0) is 37.5 Å². The molecule has 1 aliphatic heterocycles. The Labute approximate surface area is 155 Å². The number of nitrogens with zero attached hydrogens (tertiary/aromatic N) is 3. The second kappa shape index (κ2) is 6.72. The number of benzene rings is 1. The third-order valence-corrected chi connectivity index (χ3v) is 5.36. The molecule has 2 atom stereocenters. The van der Waals surface area contributed by atoms with Gasteiger partial charge in [0.25, 0.3) is 0 Å². The Morgan fingerprint density at radius 1 is 1.19 bits per heavy atom. The first-order chi connectivity index (χ1) is 12.5. The predicted octanol–water partition coefficient (Wildman–Crippen LogP) is 2.98. The Morgan fingerprint density at radius 3 is 2.81 bits per heavy atom. The highest BCUT2D eigenvalue weighted by molar-refractivity contribution is 6.33. The van der Waals surface area contributed by atoms with Crippen LogP contribution in [0.15, 0.2) is 18.2 Å². The summed E-state index contributed by atoms with van der Waals surface area (Å²) in [5.74, 6) is -0.563. The van der Waals surface area contributed by atoms with Crippen LogP contribution in [-0.2, 0) is 22.6 Å². The summed E-state index contributed by atoms with van der Waals surface area (Å²) in [6.45, 7) is 0.854. The minimum atomic E-state index is -0.923. The maximum Gasteiger partial charge on any atom is 0.307 e. The molecule has 0 bridgehead atoms. The van der Waals surface area contributed by atoms with Crippen molar-refractivity contribution in [2.75, 3.05) is 5.32 Å². The van der Waals surface area contributed by atoms with Crippen LogP contribution >= 0.6 is 11.6 Å². The zero-order chi connectivity index (χ0) is 18.3. The molecule has 8 heteroatoms. The van der Waals surface area contributed by atoms with Gasteiger partial charge in [0.05, 0.1) is 16.9 Å². The molecule has 1 aromatic heterocycles. The number of carbonyl (C=O) groups excluding carboxylic acids is 1. The van der Waals surface area contributed by atoms with E-state index in [4.69, 9.17) is 16.7 Å². The minimum absolute atomic E-state index is 0.272. The van der Waals surface area contributed by atoms with E-state index in [0.29, 0.717) is 23.0 Å². The third kappa shape index (κ3) is 3.19. The lowest BCUT2D eigenvalue weighted by Crippen LogP contribution is -2.16. The summed E-state index contributed by atoms with van der Waals surface area (Å²) < 4.78 is 2.10. The maximum absolute atomic E-state index is 12.2. The number of anilines is 1. The van der Waals surface area contributed by atoms with Crippen LogP contribution in [-0.4, -0.2) is 31.7 Å². The van der Waals surface area contributed by atoms with E-state index in [2.05, 4.69) is 20.1 Å². The molecular formula is C18H19ClN4O3. The van der Waals surface area contributed by atoms with Crippen LogP contribution in [0.4, 0.5) is 5.69 Å². The van der Waals surface area contributed by atoms with Crippen LogP contribution < -0.4 is 5.32 Å². The van der Waals surface area contributed by atoms with Gasteiger partial charge in [-0.15, -0.1) is 10.2 Å². The summed E-state index contributed by atoms with van der Waals surface area (Å²) in [4.78, 5) is 23.1. The number of hydrogen-bond donors (Lipinski definition) is 2. The van der Waals surface area contributed by atoms with Gasteiger partial charge in [0.15, 0.2) is 5.82 Å². The lowest BCUT2D eigenvalue weighted by Gasteiger charge is -2.11. The number of amides is 1. The van der Waals surface area contributed by atoms with Gasteiger partial charge in [-0.2, -0.15) is 0 Å². The molecule has 2 aliphatic rings. The summed E-state index contributed by atoms with van der Waals surface area (Å²) in [6, 6.07) is 5.20. The number of carboxylic acid groups (broad SMARTS) is 1. The van der Waals surface area contributed by atoms with Crippen LogP contribution in [0.5, 0.6) is 0 Å². The van der Waals surface area contributed by atoms with Gasteiger partial charge in [-0.1, -0.05) is 18.0 Å². The highest BCUT2D eigenvalue weighted by atomic mass is 35.5. The van der Waals surface area contributed by atoms with Crippen LogP contribution in [0.25, 0.3) is 11.4 Å². The number of halogens is 1. The third-order valence-electron chi connectivity index (χ3n) is 5.03. The van der Waals surface area contributed by atoms with Crippen molar-refractivity contribution in [1.29, 1.82) is 0 Å². The van der Waals surface area contributed by atoms with E-state index in [-0.39, 0.29) is 5.91 Å². The molecule has 0 saturated heterocycles. The lowest BCUT2D eigenvalue weighted by atomic mass is 10.1. The number of hydrogen-bond acceptors (Lipinski definition) is 4. The number of carbonyl (C=O) groups is 2. The molecule has 1 aliphatic carbocycles. The Morgan fingerprint density at radius 2 is 2.04 bits per heavy atom. The summed E-state index contributed by atoms with van der Waals surface area (Å²) >= 11 is 6.38. The van der Waals surface area contributed by atoms with Crippen LogP contribution in [0, 0.1) is 11.8 Å². The molecule has 4 rings (SSSR count). The first kappa shape index (κ1) is 17.0. The molecule has 1 fully saturated rings. The molecule has 1 aromatic carbocycles. The van der Waals surface area contributed by atoms with Crippen molar-refractivity contribution in [3.05, 3.63) is 29.0 Å². The number of carboxylic acids is 1. The van der Waals surface area contributed by atoms with E-state index in [1.54, 1.807) is 18.2 Å². The molecule has 136 valence electrons. The maximum atomic E-state index is 12.2. The predicted molar refractivity (Wildman–Crippen MR) is 95.9 cm³/mol. The fraction of sp³-hybridized carbons (Fsp3) is 0.444. The molecule has 2 N–H and O–H groups in total. The molecule has 0 radical (unpaired) electrons. The van der Waals surface area contributed by atoms with Crippen LogP contribution in [0.2, 0.25) is 5.02 Å². The SMILES string of the molecule is O=C(O)C1CC1C(=O)Nc1ccc(Cl)c(-c2nnc3n2CCCCC3)c1. The van der Waals surface area contributed by atoms with Gasteiger partial charge in [-0.25, -0.2) is 0 Å². The average Bonchev–Trinajstić information content (AvgIpc) is 3.37. The van der Waals surface area contributed by atoms with Crippen molar-refractivity contribution in [3.63, 3.8) is 0 Å². The van der Waals surface area contributed by atoms with Crippen molar-refractivity contribution >= 4 is 29.2 Å². The number of fused-ring (bicyclic) bond motifs is 1. The number of aryl methyl sites for hydroxylation is 1. The van der Waals surface area contributed by atoms with Gasteiger partial charge >= 0.3 is 5.97 Å². The Balaban J connectivity index is 1.59. The summed E-state index contributed by atoms with van der Waals surface area (Å²) in [5.41, 5.74) is 1.30. The number of nitrogens with one attached hydrogen (secondary N) is 1. The van der Waals surface area contributed by atoms with Crippen LogP contribution in [0.1, 0.15) is 31.5 Å². The standard InChI is InChI=1S/C18H19ClN4O3/c19-14-6-5-10(20-17(24)11-9-12(11)18(25)26)8-13(14)16-22-21-15-4-2-1-3-7-23(15)16/h5-6,8,11-12H,1-4,7,9H2,(H,20,24)(H,25,26). The largest absolute Gasteiger partial charge is 0.481 e. The first-order valence-corrected chi connectivity index (χ1v) is 9.18. The molecule has 2 heterocycles. The van der Waals surface area contributed by atoms with E-state index in [1.807, 2.05) is 0 Å². The molecule has 7 nitrogen and oxygen atoms in total. The summed E-state index contributed by atoms with van der Waals surface area (Å²) in [6.07, 6.45) is 4.63. The Hall–Kier alpha value is -2.41. The molecule has 1 amide bonds. The highest BCUT2D eigenvalue weighted by Crippen LogP contribution is 2.40. The number of aliphatic carboxylic acids is 1. The topological polar surface area (TPSA) is 97.1 Å². The smallest absolute Gasteiger partial charge is 0.307 e. The first-order valence-electron chi connectivity index (χ1n) is 8.80. The molecule has 2 unspecified atom stereocenters. The minimum Gasteiger partial charge on any atom is -0.481 e. The van der Waals surface area contributed by atoms with Gasteiger partial charge in [0.2, 0.25) is 5.91 Å². The van der Waals surface area contributed by atoms with E-state index < -0.39 is 17.8 Å². The van der Waals surface area contributed by atoms with Crippen molar-refractivity contribution in [1.82, 2.24) is 14.8 Å². The van der Waals surface area contributed by atoms with Crippen molar-refractivity contribution < 1.29 is 14.7 Å². The molecule has 2 aromatic rings. The zero-order valence-corrected chi connectivity index (χ0v) is 14.9. The molecular weight excluding hydrogens is 356 g/mol. The van der Waals surface area contributed by atoms with E-state index >= 15 is 0 Å². The monoisotopic (exact) mass is 374 g/mol. The second-order valence-corrected chi connectivity index (χ2v) is 7.28. The van der Waals surface area contributed by atoms with E-state index in [1.165, 1.54) is 6.42 Å². The van der Waals surface area contributed by atoms with Crippen LogP contribution in [0.3, 0.4) is 0 Å². The second-order valence-electron chi connectivity index (χ2n) is 6.87. The quantitative estimate of drug-likeness (QED) is 0.857. The number of aromatic nitrogens is 3. The fourth-order valence-corrected chi connectivity index (χ4v) is 3.65. The summed E-state index contributed by atoms with van der Waals surface area (Å²) in [7, 11) is 0. The van der Waals surface area contributed by atoms with Gasteiger partial charge in [0, 0.05) is 24.2 Å². The van der Waals surface area contributed by atoms with Crippen molar-refractivity contribution in [2.24, 2.45) is 11.8 Å². The summed E-state index contributed by atoms with van der Waals surface area (Å²) in [5, 5.41) is 20.9. The highest BCUT2D eigenvalue weighted by Gasteiger charge is 2.48. The zero-order valence-electron chi connectivity index (χ0n) is 14.1. The molecule has 1 saturated carbocycles. The molecule has 0 spiro atoms. The fourth-order valence-electron chi connectivity index (χ4n) is 3.45. The lowest BCUT2D eigenvalue weighted by molar-refractivity contribution is -0.139. The normalized spacial score (nSPS) is 21.6. The van der Waals surface area contributed by atoms with Crippen molar-refractivity contribution in [2.45, 2.75) is 38.6 Å². The van der Waals surface area contributed by atoms with Crippen molar-refractivity contribution in [3.8, 4) is 11.4 Å². The molecule has 26 heavy (non-hydrogen) atoms.